The summed E-state index contributed by atoms with van der Waals surface area (Å²) in [4.78, 5) is 12.3. The summed E-state index contributed by atoms with van der Waals surface area (Å²) in [5, 5.41) is 13.2. The lowest BCUT2D eigenvalue weighted by Crippen LogP contribution is -2.14. The number of nitrogens with one attached hydrogen (secondary N) is 1. The van der Waals surface area contributed by atoms with Crippen LogP contribution in [-0.4, -0.2) is 21.9 Å². The van der Waals surface area contributed by atoms with Crippen molar-refractivity contribution in [3.05, 3.63) is 78.7 Å². The van der Waals surface area contributed by atoms with Gasteiger partial charge in [0.1, 0.15) is 5.75 Å². The number of benzene rings is 3. The number of ether oxygens (including phenoxy) is 1. The first-order valence-corrected chi connectivity index (χ1v) is 9.67. The molecule has 4 aromatic rings. The molecule has 0 aliphatic carbocycles. The fraction of sp³-hybridized carbons (Fsp3) is 0.0952. The molecule has 1 heterocycles. The molecule has 1 aromatic heterocycles. The molecule has 0 radical (unpaired) electrons. The molecule has 140 valence electrons. The van der Waals surface area contributed by atoms with Gasteiger partial charge in [0.05, 0.1) is 5.75 Å². The van der Waals surface area contributed by atoms with Crippen LogP contribution in [0, 0.1) is 0 Å². The number of hydrogen-bond acceptors (Lipinski definition) is 6. The zero-order valence-electron chi connectivity index (χ0n) is 14.9. The molecule has 0 atom stereocenters. The average molecular weight is 391 g/mol. The maximum absolute atomic E-state index is 12.3. The normalized spacial score (nSPS) is 10.7. The highest BCUT2D eigenvalue weighted by molar-refractivity contribution is 7.99. The van der Waals surface area contributed by atoms with E-state index in [1.54, 1.807) is 0 Å². The standard InChI is InChI=1S/C21H17N3O3S/c25-19(22-18-12-6-8-15-7-4-5-11-17(15)18)14-28-21-24-23-20(27-21)13-26-16-9-2-1-3-10-16/h1-12H,13-14H2,(H,22,25). The predicted molar refractivity (Wildman–Crippen MR) is 108 cm³/mol. The average Bonchev–Trinajstić information content (AvgIpc) is 3.20. The van der Waals surface area contributed by atoms with Gasteiger partial charge in [-0.3, -0.25) is 4.79 Å². The highest BCUT2D eigenvalue weighted by Crippen LogP contribution is 2.24. The van der Waals surface area contributed by atoms with E-state index in [0.29, 0.717) is 11.1 Å². The second-order valence-corrected chi connectivity index (χ2v) is 6.85. The highest BCUT2D eigenvalue weighted by atomic mass is 32.2. The molecule has 0 aliphatic heterocycles. The number of carbonyl (C=O) groups excluding carboxylic acids is 1. The van der Waals surface area contributed by atoms with Crippen LogP contribution in [0.4, 0.5) is 5.69 Å². The number of nitrogens with zero attached hydrogens (tertiary/aromatic N) is 2. The Morgan fingerprint density at radius 2 is 1.75 bits per heavy atom. The quantitative estimate of drug-likeness (QED) is 0.466. The van der Waals surface area contributed by atoms with Gasteiger partial charge in [-0.05, 0) is 23.6 Å². The van der Waals surface area contributed by atoms with Gasteiger partial charge >= 0.3 is 0 Å². The van der Waals surface area contributed by atoms with Crippen molar-refractivity contribution in [3.63, 3.8) is 0 Å². The molecule has 0 unspecified atom stereocenters. The molecule has 1 N–H and O–H groups in total. The summed E-state index contributed by atoms with van der Waals surface area (Å²) in [7, 11) is 0. The van der Waals surface area contributed by atoms with Gasteiger partial charge in [-0.2, -0.15) is 0 Å². The fourth-order valence-corrected chi connectivity index (χ4v) is 3.25. The lowest BCUT2D eigenvalue weighted by Gasteiger charge is -2.07. The Hall–Kier alpha value is -3.32. The van der Waals surface area contributed by atoms with E-state index < -0.39 is 0 Å². The van der Waals surface area contributed by atoms with Gasteiger partial charge in [0.2, 0.25) is 5.91 Å². The molecule has 4 rings (SSSR count). The van der Waals surface area contributed by atoms with E-state index in [2.05, 4.69) is 15.5 Å². The molecular formula is C21H17N3O3S. The van der Waals surface area contributed by atoms with Crippen molar-refractivity contribution >= 4 is 34.1 Å². The van der Waals surface area contributed by atoms with Crippen molar-refractivity contribution in [2.45, 2.75) is 11.8 Å². The summed E-state index contributed by atoms with van der Waals surface area (Å²) >= 11 is 1.19. The lowest BCUT2D eigenvalue weighted by molar-refractivity contribution is -0.113. The largest absolute Gasteiger partial charge is 0.484 e. The highest BCUT2D eigenvalue weighted by Gasteiger charge is 2.11. The topological polar surface area (TPSA) is 77.2 Å². The number of fused-ring (bicyclic) bond motifs is 1. The summed E-state index contributed by atoms with van der Waals surface area (Å²) < 4.78 is 11.1. The summed E-state index contributed by atoms with van der Waals surface area (Å²) in [6.07, 6.45) is 0. The second-order valence-electron chi connectivity index (χ2n) is 5.93. The molecule has 0 aliphatic rings. The third-order valence-corrected chi connectivity index (χ3v) is 4.76. The van der Waals surface area contributed by atoms with Crippen LogP contribution in [0.2, 0.25) is 0 Å². The van der Waals surface area contributed by atoms with Gasteiger partial charge in [-0.15, -0.1) is 10.2 Å². The zero-order valence-corrected chi connectivity index (χ0v) is 15.7. The number of carbonyl (C=O) groups is 1. The summed E-state index contributed by atoms with van der Waals surface area (Å²) in [5.41, 5.74) is 0.783. The molecule has 1 amide bonds. The molecule has 6 nitrogen and oxygen atoms in total. The number of para-hydroxylation sites is 1. The molecule has 0 bridgehead atoms. The van der Waals surface area contributed by atoms with Crippen LogP contribution >= 0.6 is 11.8 Å². The minimum absolute atomic E-state index is 0.137. The molecule has 0 spiro atoms. The van der Waals surface area contributed by atoms with Crippen molar-refractivity contribution in [1.82, 2.24) is 10.2 Å². The summed E-state index contributed by atoms with van der Waals surface area (Å²) in [5.74, 6) is 1.12. The van der Waals surface area contributed by atoms with E-state index in [1.165, 1.54) is 11.8 Å². The monoisotopic (exact) mass is 391 g/mol. The fourth-order valence-electron chi connectivity index (χ4n) is 2.66. The Labute approximate surface area is 165 Å². The van der Waals surface area contributed by atoms with Crippen molar-refractivity contribution in [3.8, 4) is 5.75 Å². The molecule has 0 saturated carbocycles. The van der Waals surface area contributed by atoms with Crippen LogP contribution in [0.5, 0.6) is 5.75 Å². The predicted octanol–water partition coefficient (Wildman–Crippen LogP) is 4.53. The minimum Gasteiger partial charge on any atom is -0.484 e. The van der Waals surface area contributed by atoms with Gasteiger partial charge in [-0.1, -0.05) is 66.4 Å². The number of thioether (sulfide) groups is 1. The van der Waals surface area contributed by atoms with Crippen LogP contribution in [0.25, 0.3) is 10.8 Å². The van der Waals surface area contributed by atoms with Crippen LogP contribution < -0.4 is 10.1 Å². The molecular weight excluding hydrogens is 374 g/mol. The molecule has 0 saturated heterocycles. The minimum atomic E-state index is -0.137. The molecule has 0 fully saturated rings. The third kappa shape index (κ3) is 4.50. The Morgan fingerprint density at radius 1 is 0.964 bits per heavy atom. The molecule has 28 heavy (non-hydrogen) atoms. The van der Waals surface area contributed by atoms with Gasteiger partial charge in [0, 0.05) is 11.1 Å². The first-order chi connectivity index (χ1) is 13.8. The van der Waals surface area contributed by atoms with Crippen LogP contribution in [0.15, 0.2) is 82.4 Å². The number of aromatic nitrogens is 2. The van der Waals surface area contributed by atoms with Gasteiger partial charge in [0.25, 0.3) is 11.1 Å². The second kappa shape index (κ2) is 8.58. The van der Waals surface area contributed by atoms with E-state index in [4.69, 9.17) is 9.15 Å². The van der Waals surface area contributed by atoms with Gasteiger partial charge in [-0.25, -0.2) is 0 Å². The maximum atomic E-state index is 12.3. The van der Waals surface area contributed by atoms with E-state index in [9.17, 15) is 4.79 Å². The van der Waals surface area contributed by atoms with E-state index >= 15 is 0 Å². The van der Waals surface area contributed by atoms with Crippen molar-refractivity contribution in [1.29, 1.82) is 0 Å². The van der Waals surface area contributed by atoms with Crippen LogP contribution in [0.1, 0.15) is 5.89 Å². The molecule has 7 heteroatoms. The number of hydrogen-bond donors (Lipinski definition) is 1. The Balaban J connectivity index is 1.31. The van der Waals surface area contributed by atoms with Crippen LogP contribution in [-0.2, 0) is 11.4 Å². The summed E-state index contributed by atoms with van der Waals surface area (Å²) in [6, 6.07) is 23.1. The van der Waals surface area contributed by atoms with E-state index in [-0.39, 0.29) is 18.3 Å². The third-order valence-electron chi connectivity index (χ3n) is 3.94. The first kappa shape index (κ1) is 18.1. The zero-order chi connectivity index (χ0) is 19.2. The van der Waals surface area contributed by atoms with Crippen molar-refractivity contribution < 1.29 is 13.9 Å². The Morgan fingerprint density at radius 3 is 2.64 bits per heavy atom. The Bertz CT molecular complexity index is 1080. The number of anilines is 1. The summed E-state index contributed by atoms with van der Waals surface area (Å²) in [6.45, 7) is 0.180. The van der Waals surface area contributed by atoms with E-state index in [0.717, 1.165) is 22.2 Å². The molecule has 3 aromatic carbocycles. The van der Waals surface area contributed by atoms with E-state index in [1.807, 2.05) is 72.8 Å². The van der Waals surface area contributed by atoms with Crippen molar-refractivity contribution in [2.24, 2.45) is 0 Å². The van der Waals surface area contributed by atoms with Gasteiger partial charge < -0.3 is 14.5 Å². The maximum Gasteiger partial charge on any atom is 0.277 e. The van der Waals surface area contributed by atoms with Crippen LogP contribution in [0.3, 0.4) is 0 Å². The number of amides is 1. The smallest absolute Gasteiger partial charge is 0.277 e. The number of rotatable bonds is 7. The SMILES string of the molecule is O=C(CSc1nnc(COc2ccccc2)o1)Nc1cccc2ccccc12. The Kier molecular flexibility index (Phi) is 5.53. The van der Waals surface area contributed by atoms with Gasteiger partial charge in [0.15, 0.2) is 6.61 Å². The lowest BCUT2D eigenvalue weighted by atomic mass is 10.1. The first-order valence-electron chi connectivity index (χ1n) is 8.68. The van der Waals surface area contributed by atoms with Crippen molar-refractivity contribution in [2.75, 3.05) is 11.1 Å².